The number of halogens is 1. The van der Waals surface area contributed by atoms with Gasteiger partial charge in [-0.3, -0.25) is 9.52 Å². The highest BCUT2D eigenvalue weighted by atomic mass is 79.9. The quantitative estimate of drug-likeness (QED) is 0.548. The lowest BCUT2D eigenvalue weighted by atomic mass is 10.1. The SMILES string of the molecule is CCCN1CCCN(C(=O)c2cc(NS(=O)(=O)c3ccc(OC)c(OC)c3)ccc2Br)CC1. The zero-order valence-corrected chi connectivity index (χ0v) is 21.5. The maximum absolute atomic E-state index is 13.2. The van der Waals surface area contributed by atoms with Gasteiger partial charge in [0.1, 0.15) is 0 Å². The molecule has 0 radical (unpaired) electrons. The van der Waals surface area contributed by atoms with Crippen LogP contribution in [0.3, 0.4) is 0 Å². The number of rotatable bonds is 8. The van der Waals surface area contributed by atoms with Crippen molar-refractivity contribution in [2.24, 2.45) is 0 Å². The largest absolute Gasteiger partial charge is 0.493 e. The van der Waals surface area contributed by atoms with Crippen molar-refractivity contribution in [3.8, 4) is 11.5 Å². The maximum atomic E-state index is 13.2. The molecule has 33 heavy (non-hydrogen) atoms. The standard InChI is InChI=1S/C23H30BrN3O5S/c1-4-10-26-11-5-12-27(14-13-26)23(28)19-15-17(6-8-20(19)24)25-33(29,30)18-7-9-21(31-2)22(16-18)32-3/h6-9,15-16,25H,4-5,10-14H2,1-3H3. The van der Waals surface area contributed by atoms with Crippen molar-refractivity contribution in [1.29, 1.82) is 0 Å². The van der Waals surface area contributed by atoms with Gasteiger partial charge < -0.3 is 19.3 Å². The predicted octanol–water partition coefficient (Wildman–Crippen LogP) is 3.83. The van der Waals surface area contributed by atoms with Crippen molar-refractivity contribution in [2.45, 2.75) is 24.7 Å². The fourth-order valence-electron chi connectivity index (χ4n) is 3.83. The summed E-state index contributed by atoms with van der Waals surface area (Å²) in [5, 5.41) is 0. The number of nitrogens with one attached hydrogen (secondary N) is 1. The van der Waals surface area contributed by atoms with E-state index in [4.69, 9.17) is 9.47 Å². The topological polar surface area (TPSA) is 88.2 Å². The van der Waals surface area contributed by atoms with Gasteiger partial charge in [-0.2, -0.15) is 0 Å². The van der Waals surface area contributed by atoms with Crippen molar-refractivity contribution in [1.82, 2.24) is 9.80 Å². The molecule has 1 aliphatic rings. The summed E-state index contributed by atoms with van der Waals surface area (Å²) in [5.41, 5.74) is 0.727. The Morgan fingerprint density at radius 2 is 1.79 bits per heavy atom. The molecule has 3 rings (SSSR count). The lowest BCUT2D eigenvalue weighted by Gasteiger charge is -2.22. The molecule has 2 aromatic rings. The summed E-state index contributed by atoms with van der Waals surface area (Å²) in [6, 6.07) is 9.23. The highest BCUT2D eigenvalue weighted by molar-refractivity contribution is 9.10. The van der Waals surface area contributed by atoms with Crippen LogP contribution in [0.5, 0.6) is 11.5 Å². The summed E-state index contributed by atoms with van der Waals surface area (Å²) in [6.07, 6.45) is 2.00. The first kappa shape index (κ1) is 25.3. The van der Waals surface area contributed by atoms with Gasteiger partial charge in [0.05, 0.1) is 24.7 Å². The first-order valence-corrected chi connectivity index (χ1v) is 13.1. The molecule has 0 saturated carbocycles. The average molecular weight is 540 g/mol. The summed E-state index contributed by atoms with van der Waals surface area (Å²) in [4.78, 5) is 17.5. The van der Waals surface area contributed by atoms with Gasteiger partial charge in [-0.05, 0) is 72.2 Å². The normalized spacial score (nSPS) is 15.1. The smallest absolute Gasteiger partial charge is 0.262 e. The molecule has 0 aliphatic carbocycles. The number of carbonyl (C=O) groups excluding carboxylic acids is 1. The molecule has 180 valence electrons. The molecule has 0 spiro atoms. The highest BCUT2D eigenvalue weighted by Crippen LogP contribution is 2.31. The van der Waals surface area contributed by atoms with Crippen LogP contribution in [-0.2, 0) is 10.0 Å². The minimum atomic E-state index is -3.90. The van der Waals surface area contributed by atoms with E-state index in [9.17, 15) is 13.2 Å². The number of carbonyl (C=O) groups is 1. The molecule has 0 bridgehead atoms. The molecular formula is C23H30BrN3O5S. The minimum absolute atomic E-state index is 0.0273. The van der Waals surface area contributed by atoms with Gasteiger partial charge in [-0.25, -0.2) is 8.42 Å². The third-order valence-electron chi connectivity index (χ3n) is 5.53. The average Bonchev–Trinajstić information content (AvgIpc) is 3.05. The number of ether oxygens (including phenoxy) is 2. The van der Waals surface area contributed by atoms with E-state index in [0.717, 1.165) is 32.5 Å². The zero-order valence-electron chi connectivity index (χ0n) is 19.1. The molecule has 2 aromatic carbocycles. The third kappa shape index (κ3) is 6.18. The summed E-state index contributed by atoms with van der Waals surface area (Å²) in [7, 11) is -0.977. The molecule has 1 aliphatic heterocycles. The van der Waals surface area contributed by atoms with Gasteiger partial charge in [-0.1, -0.05) is 6.92 Å². The van der Waals surface area contributed by atoms with E-state index in [1.807, 2.05) is 4.90 Å². The molecule has 0 aromatic heterocycles. The van der Waals surface area contributed by atoms with Crippen molar-refractivity contribution in [2.75, 3.05) is 51.7 Å². The third-order valence-corrected chi connectivity index (χ3v) is 7.60. The summed E-state index contributed by atoms with van der Waals surface area (Å²) in [5.74, 6) is 0.626. The van der Waals surface area contributed by atoms with Crippen molar-refractivity contribution >= 4 is 37.5 Å². The number of anilines is 1. The number of hydrogen-bond acceptors (Lipinski definition) is 6. The van der Waals surface area contributed by atoms with Gasteiger partial charge >= 0.3 is 0 Å². The second-order valence-electron chi connectivity index (χ2n) is 7.80. The second-order valence-corrected chi connectivity index (χ2v) is 10.3. The van der Waals surface area contributed by atoms with Crippen LogP contribution in [0.15, 0.2) is 45.8 Å². The summed E-state index contributed by atoms with van der Waals surface area (Å²) >= 11 is 3.45. The van der Waals surface area contributed by atoms with Crippen LogP contribution in [0.25, 0.3) is 0 Å². The molecule has 1 saturated heterocycles. The van der Waals surface area contributed by atoms with E-state index < -0.39 is 10.0 Å². The van der Waals surface area contributed by atoms with E-state index in [1.165, 1.54) is 32.4 Å². The number of sulfonamides is 1. The lowest BCUT2D eigenvalue weighted by molar-refractivity contribution is 0.0760. The zero-order chi connectivity index (χ0) is 24.0. The van der Waals surface area contributed by atoms with E-state index in [2.05, 4.69) is 32.5 Å². The Balaban J connectivity index is 1.80. The van der Waals surface area contributed by atoms with Crippen molar-refractivity contribution in [3.63, 3.8) is 0 Å². The van der Waals surface area contributed by atoms with Gasteiger partial charge in [-0.15, -0.1) is 0 Å². The molecule has 8 nitrogen and oxygen atoms in total. The molecule has 0 unspecified atom stereocenters. The van der Waals surface area contributed by atoms with E-state index in [0.29, 0.717) is 40.3 Å². The number of amides is 1. The number of methoxy groups -OCH3 is 2. The predicted molar refractivity (Wildman–Crippen MR) is 132 cm³/mol. The van der Waals surface area contributed by atoms with Gasteiger partial charge in [0, 0.05) is 35.9 Å². The van der Waals surface area contributed by atoms with Crippen LogP contribution < -0.4 is 14.2 Å². The van der Waals surface area contributed by atoms with Crippen molar-refractivity contribution in [3.05, 3.63) is 46.4 Å². The molecule has 1 heterocycles. The Morgan fingerprint density at radius 3 is 2.48 bits per heavy atom. The van der Waals surface area contributed by atoms with Crippen molar-refractivity contribution < 1.29 is 22.7 Å². The molecule has 1 N–H and O–H groups in total. The lowest BCUT2D eigenvalue weighted by Crippen LogP contribution is -2.35. The van der Waals surface area contributed by atoms with Gasteiger partial charge in [0.25, 0.3) is 15.9 Å². The number of benzene rings is 2. The summed E-state index contributed by atoms with van der Waals surface area (Å²) in [6.45, 7) is 6.31. The monoisotopic (exact) mass is 539 g/mol. The Bertz CT molecular complexity index is 1090. The number of hydrogen-bond donors (Lipinski definition) is 1. The fourth-order valence-corrected chi connectivity index (χ4v) is 5.32. The Hall–Kier alpha value is -2.30. The van der Waals surface area contributed by atoms with Gasteiger partial charge in [0.15, 0.2) is 11.5 Å². The molecule has 10 heteroatoms. The Morgan fingerprint density at radius 1 is 1.03 bits per heavy atom. The summed E-state index contributed by atoms with van der Waals surface area (Å²) < 4.78 is 39.5. The van der Waals surface area contributed by atoms with E-state index >= 15 is 0 Å². The molecule has 1 fully saturated rings. The molecule has 0 atom stereocenters. The Labute approximate surface area is 204 Å². The first-order chi connectivity index (χ1) is 15.8. The van der Waals surface area contributed by atoms with E-state index in [1.54, 1.807) is 18.2 Å². The molecular weight excluding hydrogens is 510 g/mol. The fraction of sp³-hybridized carbons (Fsp3) is 0.435. The number of nitrogens with zero attached hydrogens (tertiary/aromatic N) is 2. The maximum Gasteiger partial charge on any atom is 0.262 e. The van der Waals surface area contributed by atoms with Crippen LogP contribution in [0.4, 0.5) is 5.69 Å². The Kier molecular flexibility index (Phi) is 8.61. The minimum Gasteiger partial charge on any atom is -0.493 e. The van der Waals surface area contributed by atoms with Gasteiger partial charge in [0.2, 0.25) is 0 Å². The van der Waals surface area contributed by atoms with E-state index in [-0.39, 0.29) is 10.8 Å². The van der Waals surface area contributed by atoms with Crippen LogP contribution in [0.1, 0.15) is 30.1 Å². The first-order valence-electron chi connectivity index (χ1n) is 10.8. The highest BCUT2D eigenvalue weighted by Gasteiger charge is 2.23. The molecule has 1 amide bonds. The van der Waals surface area contributed by atoms with Crippen LogP contribution in [-0.4, -0.2) is 71.1 Å². The van der Waals surface area contributed by atoms with Crippen LogP contribution >= 0.6 is 15.9 Å². The van der Waals surface area contributed by atoms with Crippen LogP contribution in [0, 0.1) is 0 Å². The second kappa shape index (κ2) is 11.2. The van der Waals surface area contributed by atoms with Crippen LogP contribution in [0.2, 0.25) is 0 Å².